The first-order valence-corrected chi connectivity index (χ1v) is 5.56. The smallest absolute Gasteiger partial charge is 0.0372 e. The molecule has 1 heterocycles. The Morgan fingerprint density at radius 1 is 1.33 bits per heavy atom. The van der Waals surface area contributed by atoms with Gasteiger partial charge in [0.1, 0.15) is 0 Å². The van der Waals surface area contributed by atoms with Gasteiger partial charge in [-0.1, -0.05) is 26.8 Å². The highest BCUT2D eigenvalue weighted by Crippen LogP contribution is 2.25. The molecule has 2 heteroatoms. The highest BCUT2D eigenvalue weighted by atomic mass is 14.7. The van der Waals surface area contributed by atoms with E-state index in [1.807, 2.05) is 19.2 Å². The Kier molecular flexibility index (Phi) is 3.86. The fourth-order valence-electron chi connectivity index (χ4n) is 1.45. The third-order valence-electron chi connectivity index (χ3n) is 2.57. The molecule has 0 radical (unpaired) electrons. The lowest BCUT2D eigenvalue weighted by Crippen LogP contribution is -2.14. The average molecular weight is 206 g/mol. The molecule has 0 fully saturated rings. The maximum atomic E-state index is 6.11. The molecule has 0 saturated heterocycles. The van der Waals surface area contributed by atoms with Gasteiger partial charge in [-0.3, -0.25) is 4.98 Å². The van der Waals surface area contributed by atoms with E-state index >= 15 is 0 Å². The first-order chi connectivity index (χ1) is 6.88. The van der Waals surface area contributed by atoms with Crippen molar-refractivity contribution >= 4 is 0 Å². The Morgan fingerprint density at radius 2 is 2.00 bits per heavy atom. The molecule has 0 amide bonds. The fourth-order valence-corrected chi connectivity index (χ4v) is 1.45. The van der Waals surface area contributed by atoms with Crippen molar-refractivity contribution in [3.8, 4) is 0 Å². The average Bonchev–Trinajstić information content (AvgIpc) is 2.14. The van der Waals surface area contributed by atoms with Gasteiger partial charge in [0.25, 0.3) is 0 Å². The van der Waals surface area contributed by atoms with Crippen LogP contribution < -0.4 is 5.73 Å². The summed E-state index contributed by atoms with van der Waals surface area (Å²) in [6.07, 6.45) is 4.05. The van der Waals surface area contributed by atoms with Crippen LogP contribution in [-0.4, -0.2) is 4.98 Å². The number of rotatable bonds is 3. The Balaban J connectivity index is 2.54. The van der Waals surface area contributed by atoms with Crippen LogP contribution in [0.15, 0.2) is 18.3 Å². The third kappa shape index (κ3) is 4.43. The van der Waals surface area contributed by atoms with Crippen LogP contribution in [0, 0.1) is 12.3 Å². The topological polar surface area (TPSA) is 38.9 Å². The van der Waals surface area contributed by atoms with Crippen molar-refractivity contribution in [2.24, 2.45) is 11.1 Å². The van der Waals surface area contributed by atoms with Gasteiger partial charge >= 0.3 is 0 Å². The zero-order chi connectivity index (χ0) is 11.5. The summed E-state index contributed by atoms with van der Waals surface area (Å²) in [5.74, 6) is 0. The molecule has 1 aromatic heterocycles. The molecule has 0 spiro atoms. The largest absolute Gasteiger partial charge is 0.324 e. The molecule has 0 aliphatic rings. The molecular weight excluding hydrogens is 184 g/mol. The summed E-state index contributed by atoms with van der Waals surface area (Å²) < 4.78 is 0. The highest BCUT2D eigenvalue weighted by Gasteiger charge is 2.13. The van der Waals surface area contributed by atoms with Crippen LogP contribution in [0.2, 0.25) is 0 Å². The standard InChI is InChI=1S/C13H22N2/c1-10-5-6-11(9-15-10)12(14)7-8-13(2,3)4/h5-6,9,12H,7-8,14H2,1-4H3. The van der Waals surface area contributed by atoms with E-state index < -0.39 is 0 Å². The predicted molar refractivity (Wildman–Crippen MR) is 64.6 cm³/mol. The summed E-state index contributed by atoms with van der Waals surface area (Å²) in [4.78, 5) is 4.26. The number of pyridine rings is 1. The van der Waals surface area contributed by atoms with Crippen LogP contribution in [-0.2, 0) is 0 Å². The van der Waals surface area contributed by atoms with E-state index in [1.165, 1.54) is 0 Å². The Hall–Kier alpha value is -0.890. The molecule has 0 aliphatic heterocycles. The lowest BCUT2D eigenvalue weighted by Gasteiger charge is -2.20. The van der Waals surface area contributed by atoms with Gasteiger partial charge in [0.2, 0.25) is 0 Å². The van der Waals surface area contributed by atoms with E-state index in [-0.39, 0.29) is 6.04 Å². The number of aryl methyl sites for hydroxylation is 1. The van der Waals surface area contributed by atoms with E-state index in [4.69, 9.17) is 5.73 Å². The number of aromatic nitrogens is 1. The quantitative estimate of drug-likeness (QED) is 0.824. The molecule has 1 rings (SSSR count). The number of nitrogens with zero attached hydrogens (tertiary/aromatic N) is 1. The number of hydrogen-bond donors (Lipinski definition) is 1. The van der Waals surface area contributed by atoms with Crippen LogP contribution in [0.25, 0.3) is 0 Å². The van der Waals surface area contributed by atoms with Gasteiger partial charge < -0.3 is 5.73 Å². The predicted octanol–water partition coefficient (Wildman–Crippen LogP) is 3.22. The van der Waals surface area contributed by atoms with Crippen molar-refractivity contribution < 1.29 is 0 Å². The Bertz CT molecular complexity index is 295. The molecule has 2 nitrogen and oxygen atoms in total. The van der Waals surface area contributed by atoms with Crippen LogP contribution in [0.4, 0.5) is 0 Å². The Morgan fingerprint density at radius 3 is 2.47 bits per heavy atom. The molecule has 1 unspecified atom stereocenters. The summed E-state index contributed by atoms with van der Waals surface area (Å²) in [6.45, 7) is 8.72. The van der Waals surface area contributed by atoms with Crippen LogP contribution in [0.5, 0.6) is 0 Å². The van der Waals surface area contributed by atoms with E-state index in [0.717, 1.165) is 24.1 Å². The number of nitrogens with two attached hydrogens (primary N) is 1. The van der Waals surface area contributed by atoms with Crippen molar-refractivity contribution in [2.45, 2.75) is 46.6 Å². The summed E-state index contributed by atoms with van der Waals surface area (Å²) >= 11 is 0. The van der Waals surface area contributed by atoms with Gasteiger partial charge in [-0.2, -0.15) is 0 Å². The minimum absolute atomic E-state index is 0.123. The minimum Gasteiger partial charge on any atom is -0.324 e. The van der Waals surface area contributed by atoms with E-state index in [9.17, 15) is 0 Å². The van der Waals surface area contributed by atoms with Gasteiger partial charge in [0.05, 0.1) is 0 Å². The van der Waals surface area contributed by atoms with Crippen molar-refractivity contribution in [3.05, 3.63) is 29.6 Å². The van der Waals surface area contributed by atoms with Gasteiger partial charge in [0.15, 0.2) is 0 Å². The maximum Gasteiger partial charge on any atom is 0.0372 e. The summed E-state index contributed by atoms with van der Waals surface area (Å²) in [7, 11) is 0. The monoisotopic (exact) mass is 206 g/mol. The molecular formula is C13H22N2. The lowest BCUT2D eigenvalue weighted by molar-refractivity contribution is 0.349. The SMILES string of the molecule is Cc1ccc(C(N)CCC(C)(C)C)cn1. The molecule has 1 aromatic rings. The zero-order valence-electron chi connectivity index (χ0n) is 10.2. The maximum absolute atomic E-state index is 6.11. The summed E-state index contributed by atoms with van der Waals surface area (Å²) in [5.41, 5.74) is 8.66. The van der Waals surface area contributed by atoms with Crippen LogP contribution in [0.3, 0.4) is 0 Å². The molecule has 0 bridgehead atoms. The van der Waals surface area contributed by atoms with Gasteiger partial charge in [-0.05, 0) is 36.8 Å². The van der Waals surface area contributed by atoms with Crippen LogP contribution >= 0.6 is 0 Å². The Labute approximate surface area is 92.9 Å². The zero-order valence-corrected chi connectivity index (χ0v) is 10.2. The first-order valence-electron chi connectivity index (χ1n) is 5.56. The van der Waals surface area contributed by atoms with Crippen molar-refractivity contribution in [3.63, 3.8) is 0 Å². The molecule has 0 aliphatic carbocycles. The second-order valence-corrected chi connectivity index (χ2v) is 5.44. The molecule has 15 heavy (non-hydrogen) atoms. The second kappa shape index (κ2) is 4.75. The van der Waals surface area contributed by atoms with Gasteiger partial charge in [0, 0.05) is 17.9 Å². The molecule has 1 atom stereocenters. The van der Waals surface area contributed by atoms with E-state index in [1.54, 1.807) is 0 Å². The van der Waals surface area contributed by atoms with E-state index in [0.29, 0.717) is 5.41 Å². The first kappa shape index (κ1) is 12.2. The summed E-state index contributed by atoms with van der Waals surface area (Å²) in [6, 6.07) is 4.22. The van der Waals surface area contributed by atoms with Crippen molar-refractivity contribution in [1.29, 1.82) is 0 Å². The normalized spacial score (nSPS) is 13.9. The fraction of sp³-hybridized carbons (Fsp3) is 0.615. The highest BCUT2D eigenvalue weighted by molar-refractivity contribution is 5.16. The van der Waals surface area contributed by atoms with Crippen molar-refractivity contribution in [2.75, 3.05) is 0 Å². The molecule has 0 aromatic carbocycles. The van der Waals surface area contributed by atoms with Gasteiger partial charge in [-0.25, -0.2) is 0 Å². The molecule has 2 N–H and O–H groups in total. The third-order valence-corrected chi connectivity index (χ3v) is 2.57. The van der Waals surface area contributed by atoms with Crippen molar-refractivity contribution in [1.82, 2.24) is 4.98 Å². The second-order valence-electron chi connectivity index (χ2n) is 5.44. The van der Waals surface area contributed by atoms with E-state index in [2.05, 4.69) is 31.8 Å². The van der Waals surface area contributed by atoms with Gasteiger partial charge in [-0.15, -0.1) is 0 Å². The molecule has 84 valence electrons. The van der Waals surface area contributed by atoms with Crippen LogP contribution in [0.1, 0.15) is 50.9 Å². The number of hydrogen-bond acceptors (Lipinski definition) is 2. The lowest BCUT2D eigenvalue weighted by atomic mass is 9.87. The minimum atomic E-state index is 0.123. The molecule has 0 saturated carbocycles. The summed E-state index contributed by atoms with van der Waals surface area (Å²) in [5, 5.41) is 0.